The van der Waals surface area contributed by atoms with Gasteiger partial charge < -0.3 is 20.1 Å². The van der Waals surface area contributed by atoms with Crippen molar-refractivity contribution >= 4 is 11.5 Å². The van der Waals surface area contributed by atoms with Gasteiger partial charge in [-0.2, -0.15) is 0 Å². The van der Waals surface area contributed by atoms with E-state index < -0.39 is 17.2 Å². The van der Waals surface area contributed by atoms with E-state index >= 15 is 0 Å². The summed E-state index contributed by atoms with van der Waals surface area (Å²) in [5.41, 5.74) is 7.02. The van der Waals surface area contributed by atoms with E-state index in [0.717, 1.165) is 74.9 Å². The van der Waals surface area contributed by atoms with Crippen LogP contribution < -0.4 is 5.32 Å². The zero-order valence-corrected chi connectivity index (χ0v) is 46.1. The zero-order valence-electron chi connectivity index (χ0n) is 46.1. The summed E-state index contributed by atoms with van der Waals surface area (Å²) in [6, 6.07) is 65.7. The third kappa shape index (κ3) is 23.9. The molecule has 410 valence electrons. The summed E-state index contributed by atoms with van der Waals surface area (Å²) in [6.45, 7) is 8.83. The number of nitrogens with one attached hydrogen (secondary N) is 1. The first-order valence-corrected chi connectivity index (χ1v) is 27.1. The van der Waals surface area contributed by atoms with Crippen molar-refractivity contribution in [1.29, 1.82) is 0 Å². The van der Waals surface area contributed by atoms with E-state index in [0.29, 0.717) is 30.6 Å². The predicted octanol–water partition coefficient (Wildman–Crippen LogP) is 16.5. The number of esters is 1. The highest BCUT2D eigenvalue weighted by Crippen LogP contribution is 2.35. The van der Waals surface area contributed by atoms with Crippen LogP contribution >= 0.6 is 0 Å². The Balaban J connectivity index is 0.000000235. The number of hydrogen-bond acceptors (Lipinski definition) is 5. The highest BCUT2D eigenvalue weighted by atomic mass is 19.1. The second-order valence-electron chi connectivity index (χ2n) is 18.4. The van der Waals surface area contributed by atoms with Crippen LogP contribution in [0.25, 0.3) is 5.57 Å². The summed E-state index contributed by atoms with van der Waals surface area (Å²) in [7, 11) is 3.96. The average Bonchev–Trinajstić information content (AvgIpc) is 3.53. The van der Waals surface area contributed by atoms with Gasteiger partial charge in [-0.1, -0.05) is 190 Å². The third-order valence-electron chi connectivity index (χ3n) is 12.4. The van der Waals surface area contributed by atoms with Gasteiger partial charge in [0.1, 0.15) is 28.9 Å². The molecule has 0 bridgehead atoms. The Hall–Kier alpha value is -7.43. The second kappa shape index (κ2) is 36.6. The molecule has 5 nitrogen and oxygen atoms in total. The van der Waals surface area contributed by atoms with Crippen molar-refractivity contribution in [2.24, 2.45) is 0 Å². The molecule has 0 aliphatic rings. The van der Waals surface area contributed by atoms with Crippen molar-refractivity contribution in [2.75, 3.05) is 27.2 Å². The topological polar surface area (TPSA) is 61.8 Å². The van der Waals surface area contributed by atoms with Crippen LogP contribution in [0.2, 0.25) is 0 Å². The molecule has 9 heteroatoms. The van der Waals surface area contributed by atoms with Crippen molar-refractivity contribution < 1.29 is 32.2 Å². The van der Waals surface area contributed by atoms with Crippen molar-refractivity contribution in [3.8, 4) is 0 Å². The van der Waals surface area contributed by atoms with Crippen LogP contribution in [0.15, 0.2) is 224 Å². The largest absolute Gasteiger partial charge is 0.466 e. The number of aryl methyl sites for hydroxylation is 2. The number of aliphatic hydroxyl groups is 1. The Morgan fingerprint density at radius 1 is 0.551 bits per heavy atom. The predicted molar refractivity (Wildman–Crippen MR) is 314 cm³/mol. The highest BCUT2D eigenvalue weighted by molar-refractivity contribution is 5.79. The Bertz CT molecular complexity index is 2810. The summed E-state index contributed by atoms with van der Waals surface area (Å²) in [6.07, 6.45) is 8.27. The molecule has 8 rings (SSSR count). The Morgan fingerprint density at radius 3 is 1.41 bits per heavy atom. The molecular formula is C69H78F4N2O3. The van der Waals surface area contributed by atoms with Crippen LogP contribution in [0.5, 0.6) is 0 Å². The molecule has 0 fully saturated rings. The Kier molecular flexibility index (Phi) is 29.6. The fraction of sp³-hybridized carbons (Fsp3) is 0.261. The first-order valence-electron chi connectivity index (χ1n) is 27.1. The molecule has 0 aliphatic carbocycles. The van der Waals surface area contributed by atoms with Crippen molar-refractivity contribution in [3.63, 3.8) is 0 Å². The smallest absolute Gasteiger partial charge is 0.307 e. The van der Waals surface area contributed by atoms with Crippen LogP contribution in [0.3, 0.4) is 0 Å². The van der Waals surface area contributed by atoms with Crippen LogP contribution in [0, 0.1) is 23.3 Å². The third-order valence-corrected chi connectivity index (χ3v) is 12.4. The van der Waals surface area contributed by atoms with E-state index in [1.54, 1.807) is 36.4 Å². The van der Waals surface area contributed by atoms with Gasteiger partial charge in [-0.25, -0.2) is 17.6 Å². The number of carbonyl (C=O) groups is 1. The molecule has 0 heterocycles. The molecule has 78 heavy (non-hydrogen) atoms. The number of nitrogens with zero attached hydrogens (tertiary/aromatic N) is 1. The van der Waals surface area contributed by atoms with Gasteiger partial charge in [-0.05, 0) is 165 Å². The SMILES string of the molecule is CC.CCOC(=O)CCN(C)Cc1ccccc1.CNCc1ccccc1.Fc1cccc(C(=CCCCc2ccccc2)c2cccc(F)c2)c1.OC(CCCCc1ccccc1)(c1cccc(F)c1)c1cccc(F)c1. The van der Waals surface area contributed by atoms with Crippen LogP contribution in [0.4, 0.5) is 17.6 Å². The first kappa shape index (κ1) is 63.1. The molecule has 0 aromatic heterocycles. The minimum Gasteiger partial charge on any atom is -0.466 e. The maximum atomic E-state index is 13.7. The maximum absolute atomic E-state index is 13.7. The van der Waals surface area contributed by atoms with Gasteiger partial charge in [-0.15, -0.1) is 0 Å². The summed E-state index contributed by atoms with van der Waals surface area (Å²) in [5.74, 6) is -1.53. The second-order valence-corrected chi connectivity index (χ2v) is 18.4. The molecule has 0 saturated carbocycles. The van der Waals surface area contributed by atoms with E-state index in [9.17, 15) is 27.5 Å². The molecule has 8 aromatic rings. The van der Waals surface area contributed by atoms with Gasteiger partial charge >= 0.3 is 5.97 Å². The summed E-state index contributed by atoms with van der Waals surface area (Å²) in [4.78, 5) is 13.3. The lowest BCUT2D eigenvalue weighted by molar-refractivity contribution is -0.143. The molecule has 0 unspecified atom stereocenters. The number of halogens is 4. The average molecular weight is 1060 g/mol. The van der Waals surface area contributed by atoms with Gasteiger partial charge in [0, 0.05) is 19.6 Å². The number of allylic oxidation sites excluding steroid dienone is 1. The van der Waals surface area contributed by atoms with E-state index in [1.165, 1.54) is 70.8 Å². The minimum absolute atomic E-state index is 0.123. The molecule has 0 saturated heterocycles. The minimum atomic E-state index is -1.42. The van der Waals surface area contributed by atoms with Crippen LogP contribution in [0.1, 0.15) is 104 Å². The monoisotopic (exact) mass is 1060 g/mol. The van der Waals surface area contributed by atoms with Crippen LogP contribution in [-0.4, -0.2) is 43.2 Å². The fourth-order valence-corrected chi connectivity index (χ4v) is 8.50. The van der Waals surface area contributed by atoms with Gasteiger partial charge in [0.2, 0.25) is 0 Å². The number of ether oxygens (including phenoxy) is 1. The summed E-state index contributed by atoms with van der Waals surface area (Å²) < 4.78 is 59.6. The molecule has 0 radical (unpaired) electrons. The van der Waals surface area contributed by atoms with Gasteiger partial charge in [0.05, 0.1) is 13.0 Å². The standard InChI is InChI=1S/C23H22F2O.C23H20F2.C13H19NO2.C8H11N.C2H6/c24-21-13-6-11-19(16-21)23(26,20-12-7-14-22(25)17-20)15-5-4-10-18-8-2-1-3-9-18;24-21-13-6-11-19(16-21)23(20-12-7-14-22(25)17-20)15-5-4-10-18-8-2-1-3-9-18;1-3-16-13(15)9-10-14(2)11-12-7-5-4-6-8-12;1-9-7-8-5-3-2-4-6-8;1-2/h1-3,6-9,11-14,16-17,26H,4-5,10,15H2;1-3,6-9,11-17H,4-5,10H2;4-8H,3,9-11H2,1-2H3;2-6,9H,7H2,1H3;1-2H3. The first-order chi connectivity index (χ1) is 37.9. The Labute approximate surface area is 462 Å². The summed E-state index contributed by atoms with van der Waals surface area (Å²) in [5, 5.41) is 14.5. The summed E-state index contributed by atoms with van der Waals surface area (Å²) >= 11 is 0. The van der Waals surface area contributed by atoms with Crippen molar-refractivity contribution in [1.82, 2.24) is 10.2 Å². The van der Waals surface area contributed by atoms with Gasteiger partial charge in [0.15, 0.2) is 0 Å². The Morgan fingerprint density at radius 2 is 0.974 bits per heavy atom. The van der Waals surface area contributed by atoms with Gasteiger partial charge in [-0.3, -0.25) is 4.79 Å². The molecule has 2 N–H and O–H groups in total. The van der Waals surface area contributed by atoms with E-state index in [1.807, 2.05) is 120 Å². The van der Waals surface area contributed by atoms with E-state index in [2.05, 4.69) is 64.8 Å². The lowest BCUT2D eigenvalue weighted by atomic mass is 9.82. The normalized spacial score (nSPS) is 10.5. The number of hydrogen-bond donors (Lipinski definition) is 2. The fourth-order valence-electron chi connectivity index (χ4n) is 8.50. The van der Waals surface area contributed by atoms with Crippen LogP contribution in [-0.2, 0) is 41.1 Å². The molecule has 0 amide bonds. The number of unbranched alkanes of at least 4 members (excludes halogenated alkanes) is 2. The molecule has 0 spiro atoms. The zero-order chi connectivity index (χ0) is 56.2. The number of carbonyl (C=O) groups excluding carboxylic acids is 1. The lowest BCUT2D eigenvalue weighted by Gasteiger charge is -2.29. The highest BCUT2D eigenvalue weighted by Gasteiger charge is 2.31. The molecule has 0 atom stereocenters. The van der Waals surface area contributed by atoms with Crippen molar-refractivity contribution in [3.05, 3.63) is 292 Å². The molecule has 8 aromatic carbocycles. The number of rotatable bonds is 21. The van der Waals surface area contributed by atoms with E-state index in [-0.39, 0.29) is 17.6 Å². The molecule has 0 aliphatic heterocycles. The number of benzene rings is 8. The van der Waals surface area contributed by atoms with E-state index in [4.69, 9.17) is 4.74 Å². The van der Waals surface area contributed by atoms with Gasteiger partial charge in [0.25, 0.3) is 0 Å². The lowest BCUT2D eigenvalue weighted by Crippen LogP contribution is -2.27. The maximum Gasteiger partial charge on any atom is 0.307 e. The van der Waals surface area contributed by atoms with Crippen molar-refractivity contribution in [2.45, 2.75) is 90.8 Å². The molecular weight excluding hydrogens is 981 g/mol. The quantitative estimate of drug-likeness (QED) is 0.0427.